The Bertz CT molecular complexity index is 381. The fraction of sp³-hybridized carbons (Fsp3) is 0.643. The van der Waals surface area contributed by atoms with Crippen LogP contribution in [0.1, 0.15) is 33.6 Å². The lowest BCUT2D eigenvalue weighted by Crippen LogP contribution is -2.42. The van der Waals surface area contributed by atoms with Crippen LogP contribution in [0.25, 0.3) is 0 Å². The molecule has 1 saturated heterocycles. The van der Waals surface area contributed by atoms with Crippen LogP contribution in [0.2, 0.25) is 0 Å². The van der Waals surface area contributed by atoms with Gasteiger partial charge in [-0.2, -0.15) is 0 Å². The van der Waals surface area contributed by atoms with E-state index < -0.39 is 0 Å². The third-order valence-electron chi connectivity index (χ3n) is 3.62. The highest BCUT2D eigenvalue weighted by Gasteiger charge is 2.38. The van der Waals surface area contributed by atoms with E-state index in [1.165, 1.54) is 0 Å². The Kier molecular flexibility index (Phi) is 3.27. The highest BCUT2D eigenvalue weighted by Crippen LogP contribution is 2.32. The SMILES string of the molecule is CC1CN(C(=O)CCn2cccc2)C(C)(C)C1. The largest absolute Gasteiger partial charge is 0.354 e. The molecular weight excluding hydrogens is 212 g/mol. The van der Waals surface area contributed by atoms with Crippen LogP contribution in [0.5, 0.6) is 0 Å². The molecule has 94 valence electrons. The molecule has 1 unspecified atom stereocenters. The second-order valence-electron chi connectivity index (χ2n) is 5.80. The number of aromatic nitrogens is 1. The van der Waals surface area contributed by atoms with Gasteiger partial charge in [0.05, 0.1) is 0 Å². The van der Waals surface area contributed by atoms with Crippen molar-refractivity contribution < 1.29 is 4.79 Å². The normalized spacial score (nSPS) is 23.0. The first-order chi connectivity index (χ1) is 7.99. The van der Waals surface area contributed by atoms with E-state index in [2.05, 4.69) is 30.2 Å². The first-order valence-corrected chi connectivity index (χ1v) is 6.40. The molecule has 0 bridgehead atoms. The van der Waals surface area contributed by atoms with Gasteiger partial charge in [0.2, 0.25) is 5.91 Å². The Labute approximate surface area is 103 Å². The van der Waals surface area contributed by atoms with Crippen LogP contribution in [-0.2, 0) is 11.3 Å². The van der Waals surface area contributed by atoms with Gasteiger partial charge in [0.15, 0.2) is 0 Å². The predicted octanol–water partition coefficient (Wildman–Crippen LogP) is 2.53. The van der Waals surface area contributed by atoms with Crippen LogP contribution in [0.4, 0.5) is 0 Å². The third kappa shape index (κ3) is 2.71. The average Bonchev–Trinajstić information content (AvgIpc) is 2.82. The molecule has 1 aliphatic rings. The number of carbonyl (C=O) groups excluding carboxylic acids is 1. The highest BCUT2D eigenvalue weighted by molar-refractivity contribution is 5.77. The van der Waals surface area contributed by atoms with Gasteiger partial charge < -0.3 is 9.47 Å². The molecule has 1 amide bonds. The lowest BCUT2D eigenvalue weighted by atomic mass is 9.97. The molecule has 1 aromatic heterocycles. The van der Waals surface area contributed by atoms with E-state index in [0.717, 1.165) is 19.5 Å². The number of carbonyl (C=O) groups is 1. The van der Waals surface area contributed by atoms with Gasteiger partial charge in [0, 0.05) is 37.4 Å². The van der Waals surface area contributed by atoms with Crippen molar-refractivity contribution >= 4 is 5.91 Å². The molecule has 1 atom stereocenters. The van der Waals surface area contributed by atoms with Crippen LogP contribution in [0, 0.1) is 5.92 Å². The second-order valence-corrected chi connectivity index (χ2v) is 5.80. The van der Waals surface area contributed by atoms with Crippen molar-refractivity contribution in [3.8, 4) is 0 Å². The number of hydrogen-bond acceptors (Lipinski definition) is 1. The maximum absolute atomic E-state index is 12.2. The first-order valence-electron chi connectivity index (χ1n) is 6.40. The zero-order valence-electron chi connectivity index (χ0n) is 11.0. The molecule has 1 aromatic rings. The summed E-state index contributed by atoms with van der Waals surface area (Å²) in [5.41, 5.74) is 0.0349. The third-order valence-corrected chi connectivity index (χ3v) is 3.62. The van der Waals surface area contributed by atoms with Crippen LogP contribution < -0.4 is 0 Å². The Morgan fingerprint density at radius 2 is 2.00 bits per heavy atom. The maximum atomic E-state index is 12.2. The van der Waals surface area contributed by atoms with Crippen LogP contribution in [0.15, 0.2) is 24.5 Å². The van der Waals surface area contributed by atoms with Crippen molar-refractivity contribution in [3.63, 3.8) is 0 Å². The summed E-state index contributed by atoms with van der Waals surface area (Å²) in [7, 11) is 0. The van der Waals surface area contributed by atoms with Gasteiger partial charge in [-0.05, 0) is 38.3 Å². The smallest absolute Gasteiger partial charge is 0.224 e. The van der Waals surface area contributed by atoms with Crippen LogP contribution in [0.3, 0.4) is 0 Å². The van der Waals surface area contributed by atoms with Gasteiger partial charge in [0.1, 0.15) is 0 Å². The summed E-state index contributed by atoms with van der Waals surface area (Å²) in [5, 5.41) is 0. The fourth-order valence-corrected chi connectivity index (χ4v) is 2.90. The number of amides is 1. The molecule has 3 heteroatoms. The fourth-order valence-electron chi connectivity index (χ4n) is 2.90. The van der Waals surface area contributed by atoms with E-state index >= 15 is 0 Å². The van der Waals surface area contributed by atoms with Crippen molar-refractivity contribution in [2.24, 2.45) is 5.92 Å². The molecule has 0 radical (unpaired) electrons. The van der Waals surface area contributed by atoms with Crippen molar-refractivity contribution in [2.45, 2.75) is 45.7 Å². The van der Waals surface area contributed by atoms with Gasteiger partial charge in [-0.15, -0.1) is 0 Å². The minimum Gasteiger partial charge on any atom is -0.354 e. The molecule has 1 aliphatic heterocycles. The molecule has 0 spiro atoms. The summed E-state index contributed by atoms with van der Waals surface area (Å²) in [5.74, 6) is 0.911. The van der Waals surface area contributed by atoms with Gasteiger partial charge in [-0.1, -0.05) is 6.92 Å². The molecule has 3 nitrogen and oxygen atoms in total. The van der Waals surface area contributed by atoms with Crippen molar-refractivity contribution in [3.05, 3.63) is 24.5 Å². The molecule has 2 rings (SSSR count). The zero-order valence-corrected chi connectivity index (χ0v) is 11.0. The predicted molar refractivity (Wildman–Crippen MR) is 68.6 cm³/mol. The standard InChI is InChI=1S/C14H22N2O/c1-12-10-14(2,3)16(11-12)13(17)6-9-15-7-4-5-8-15/h4-5,7-8,12H,6,9-11H2,1-3H3. The summed E-state index contributed by atoms with van der Waals surface area (Å²) in [6.45, 7) is 8.26. The van der Waals surface area contributed by atoms with E-state index in [1.54, 1.807) is 0 Å². The quantitative estimate of drug-likeness (QED) is 0.789. The maximum Gasteiger partial charge on any atom is 0.224 e. The molecule has 0 saturated carbocycles. The van der Waals surface area contributed by atoms with Gasteiger partial charge >= 0.3 is 0 Å². The van der Waals surface area contributed by atoms with E-state index in [4.69, 9.17) is 0 Å². The number of likely N-dealkylation sites (tertiary alicyclic amines) is 1. The zero-order chi connectivity index (χ0) is 12.5. The van der Waals surface area contributed by atoms with Crippen molar-refractivity contribution in [1.82, 2.24) is 9.47 Å². The summed E-state index contributed by atoms with van der Waals surface area (Å²) < 4.78 is 2.06. The topological polar surface area (TPSA) is 25.2 Å². The molecule has 0 aliphatic carbocycles. The van der Waals surface area contributed by atoms with Crippen LogP contribution in [-0.4, -0.2) is 27.5 Å². The minimum atomic E-state index is 0.0349. The monoisotopic (exact) mass is 234 g/mol. The highest BCUT2D eigenvalue weighted by atomic mass is 16.2. The molecule has 1 fully saturated rings. The minimum absolute atomic E-state index is 0.0349. The Morgan fingerprint density at radius 3 is 2.53 bits per heavy atom. The summed E-state index contributed by atoms with van der Waals surface area (Å²) >= 11 is 0. The Morgan fingerprint density at radius 1 is 1.35 bits per heavy atom. The average molecular weight is 234 g/mol. The summed E-state index contributed by atoms with van der Waals surface area (Å²) in [6, 6.07) is 3.98. The lowest BCUT2D eigenvalue weighted by Gasteiger charge is -2.31. The summed E-state index contributed by atoms with van der Waals surface area (Å²) in [6.07, 6.45) is 5.73. The van der Waals surface area contributed by atoms with E-state index in [-0.39, 0.29) is 11.4 Å². The molecule has 17 heavy (non-hydrogen) atoms. The first kappa shape index (κ1) is 12.2. The summed E-state index contributed by atoms with van der Waals surface area (Å²) in [4.78, 5) is 14.3. The van der Waals surface area contributed by atoms with Crippen molar-refractivity contribution in [2.75, 3.05) is 6.54 Å². The number of aryl methyl sites for hydroxylation is 1. The second kappa shape index (κ2) is 4.55. The Balaban J connectivity index is 1.92. The molecular formula is C14H22N2O. The lowest BCUT2D eigenvalue weighted by molar-refractivity contribution is -0.134. The van der Waals surface area contributed by atoms with E-state index in [1.807, 2.05) is 24.5 Å². The van der Waals surface area contributed by atoms with Crippen LogP contribution >= 0.6 is 0 Å². The van der Waals surface area contributed by atoms with Gasteiger partial charge in [0.25, 0.3) is 0 Å². The number of rotatable bonds is 3. The number of hydrogen-bond donors (Lipinski definition) is 0. The molecule has 0 N–H and O–H groups in total. The van der Waals surface area contributed by atoms with Gasteiger partial charge in [-0.25, -0.2) is 0 Å². The molecule has 2 heterocycles. The van der Waals surface area contributed by atoms with Crippen molar-refractivity contribution in [1.29, 1.82) is 0 Å². The van der Waals surface area contributed by atoms with E-state index in [0.29, 0.717) is 12.3 Å². The Hall–Kier alpha value is -1.25. The molecule has 0 aromatic carbocycles. The van der Waals surface area contributed by atoms with E-state index in [9.17, 15) is 4.79 Å². The number of nitrogens with zero attached hydrogens (tertiary/aromatic N) is 2. The van der Waals surface area contributed by atoms with Gasteiger partial charge in [-0.3, -0.25) is 4.79 Å².